The first-order valence-corrected chi connectivity index (χ1v) is 9.56. The van der Waals surface area contributed by atoms with Crippen molar-refractivity contribution in [2.24, 2.45) is 0 Å². The van der Waals surface area contributed by atoms with Crippen molar-refractivity contribution in [1.29, 1.82) is 5.26 Å². The summed E-state index contributed by atoms with van der Waals surface area (Å²) in [6, 6.07) is 6.94. The molecule has 30 heavy (non-hydrogen) atoms. The molecule has 0 aliphatic carbocycles. The highest BCUT2D eigenvalue weighted by atomic mass is 79.9. The lowest BCUT2D eigenvalue weighted by molar-refractivity contribution is -0.137. The minimum absolute atomic E-state index is 0.0747. The van der Waals surface area contributed by atoms with Gasteiger partial charge in [0.1, 0.15) is 16.4 Å². The Balaban J connectivity index is 2.03. The van der Waals surface area contributed by atoms with Crippen LogP contribution < -0.4 is 5.32 Å². The van der Waals surface area contributed by atoms with E-state index in [4.69, 9.17) is 23.2 Å². The number of carbonyl (C=O) groups excluding carboxylic acids is 1. The Bertz CT molecular complexity index is 1200. The summed E-state index contributed by atoms with van der Waals surface area (Å²) in [6.45, 7) is 1.66. The van der Waals surface area contributed by atoms with Crippen molar-refractivity contribution in [2.45, 2.75) is 13.1 Å². The molecule has 6 nitrogen and oxygen atoms in total. The van der Waals surface area contributed by atoms with Crippen LogP contribution in [-0.2, 0) is 6.18 Å². The molecule has 0 radical (unpaired) electrons. The lowest BCUT2D eigenvalue weighted by Gasteiger charge is -2.13. The van der Waals surface area contributed by atoms with Crippen molar-refractivity contribution in [3.8, 4) is 11.9 Å². The molecular weight excluding hydrogens is 510 g/mol. The number of pyridine rings is 1. The molecule has 0 saturated heterocycles. The predicted molar refractivity (Wildman–Crippen MR) is 108 cm³/mol. The van der Waals surface area contributed by atoms with E-state index >= 15 is 0 Å². The zero-order valence-electron chi connectivity index (χ0n) is 14.9. The topological polar surface area (TPSA) is 83.6 Å². The van der Waals surface area contributed by atoms with Gasteiger partial charge in [0.25, 0.3) is 5.91 Å². The predicted octanol–water partition coefficient (Wildman–Crippen LogP) is 5.79. The third-order valence-corrected chi connectivity index (χ3v) is 4.81. The Kier molecular flexibility index (Phi) is 6.08. The van der Waals surface area contributed by atoms with Gasteiger partial charge >= 0.3 is 6.18 Å². The van der Waals surface area contributed by atoms with E-state index in [0.29, 0.717) is 22.8 Å². The third-order valence-electron chi connectivity index (χ3n) is 3.92. The van der Waals surface area contributed by atoms with Crippen LogP contribution in [0.2, 0.25) is 10.0 Å². The molecule has 1 aromatic carbocycles. The second-order valence-corrected chi connectivity index (χ2v) is 7.66. The number of halogens is 6. The van der Waals surface area contributed by atoms with Gasteiger partial charge in [0, 0.05) is 17.3 Å². The molecular formula is C18H9BrCl2F3N5O. The van der Waals surface area contributed by atoms with Crippen LogP contribution in [0, 0.1) is 18.3 Å². The van der Waals surface area contributed by atoms with Crippen molar-refractivity contribution in [1.82, 2.24) is 14.8 Å². The van der Waals surface area contributed by atoms with Crippen molar-refractivity contribution in [3.63, 3.8) is 0 Å². The highest BCUT2D eigenvalue weighted by Crippen LogP contribution is 2.32. The average molecular weight is 519 g/mol. The smallest absolute Gasteiger partial charge is 0.319 e. The van der Waals surface area contributed by atoms with Gasteiger partial charge in [0.15, 0.2) is 5.82 Å². The number of aromatic nitrogens is 3. The van der Waals surface area contributed by atoms with Gasteiger partial charge in [-0.15, -0.1) is 0 Å². The number of rotatable bonds is 3. The van der Waals surface area contributed by atoms with E-state index in [1.54, 1.807) is 13.0 Å². The fourth-order valence-electron chi connectivity index (χ4n) is 2.59. The molecule has 0 unspecified atom stereocenters. The minimum atomic E-state index is -4.63. The third kappa shape index (κ3) is 4.43. The zero-order valence-corrected chi connectivity index (χ0v) is 17.9. The number of hydrogen-bond acceptors (Lipinski definition) is 4. The Morgan fingerprint density at radius 2 is 1.97 bits per heavy atom. The average Bonchev–Trinajstić information content (AvgIpc) is 3.04. The fourth-order valence-corrected chi connectivity index (χ4v) is 3.49. The van der Waals surface area contributed by atoms with Gasteiger partial charge in [-0.1, -0.05) is 23.2 Å². The monoisotopic (exact) mass is 517 g/mol. The first kappa shape index (κ1) is 22.1. The normalized spacial score (nSPS) is 11.3. The number of anilines is 1. The van der Waals surface area contributed by atoms with Crippen LogP contribution in [0.5, 0.6) is 0 Å². The number of nitrogens with one attached hydrogen (secondary N) is 1. The van der Waals surface area contributed by atoms with Gasteiger partial charge < -0.3 is 5.32 Å². The van der Waals surface area contributed by atoms with Gasteiger partial charge in [0.05, 0.1) is 21.8 Å². The number of amides is 1. The number of benzene rings is 1. The van der Waals surface area contributed by atoms with E-state index in [1.807, 2.05) is 6.07 Å². The van der Waals surface area contributed by atoms with Crippen molar-refractivity contribution in [3.05, 3.63) is 67.5 Å². The second kappa shape index (κ2) is 8.26. The summed E-state index contributed by atoms with van der Waals surface area (Å²) in [5.41, 5.74) is -0.187. The molecule has 0 saturated carbocycles. The standard InChI is InChI=1S/C18H9BrCl2F3N5O/c1-8-2-11(20)3-9(6-25)15(8)27-17(30)13-5-14(19)28-29(13)16-12(21)4-10(7-26-16)18(22,23)24/h2-5,7H,1H3,(H,27,30). The Morgan fingerprint density at radius 1 is 1.27 bits per heavy atom. The van der Waals surface area contributed by atoms with Crippen molar-refractivity contribution < 1.29 is 18.0 Å². The molecule has 3 rings (SSSR count). The minimum Gasteiger partial charge on any atom is -0.319 e. The molecule has 0 fully saturated rings. The van der Waals surface area contributed by atoms with E-state index in [1.165, 1.54) is 12.1 Å². The van der Waals surface area contributed by atoms with Crippen LogP contribution in [0.4, 0.5) is 18.9 Å². The maximum Gasteiger partial charge on any atom is 0.417 e. The molecule has 12 heteroatoms. The van der Waals surface area contributed by atoms with Crippen molar-refractivity contribution in [2.75, 3.05) is 5.32 Å². The molecule has 2 aromatic heterocycles. The van der Waals surface area contributed by atoms with Gasteiger partial charge in [-0.25, -0.2) is 9.67 Å². The molecule has 0 aliphatic rings. The van der Waals surface area contributed by atoms with Crippen LogP contribution in [0.15, 0.2) is 35.1 Å². The van der Waals surface area contributed by atoms with Gasteiger partial charge in [-0.05, 0) is 46.6 Å². The summed E-state index contributed by atoms with van der Waals surface area (Å²) < 4.78 is 39.8. The summed E-state index contributed by atoms with van der Waals surface area (Å²) in [5.74, 6) is -0.860. The van der Waals surface area contributed by atoms with Crippen LogP contribution in [0.3, 0.4) is 0 Å². The number of nitriles is 1. The van der Waals surface area contributed by atoms with Crippen LogP contribution in [0.1, 0.15) is 27.2 Å². The van der Waals surface area contributed by atoms with E-state index in [9.17, 15) is 23.2 Å². The largest absolute Gasteiger partial charge is 0.417 e. The molecule has 3 aromatic rings. The Labute approximate surface area is 186 Å². The molecule has 2 heterocycles. The Morgan fingerprint density at radius 3 is 2.57 bits per heavy atom. The van der Waals surface area contributed by atoms with Crippen LogP contribution >= 0.6 is 39.1 Å². The number of carbonyl (C=O) groups is 1. The molecule has 0 bridgehead atoms. The van der Waals surface area contributed by atoms with E-state index in [-0.39, 0.29) is 32.4 Å². The van der Waals surface area contributed by atoms with Gasteiger partial charge in [-0.3, -0.25) is 4.79 Å². The highest BCUT2D eigenvalue weighted by molar-refractivity contribution is 9.10. The molecule has 1 amide bonds. The van der Waals surface area contributed by atoms with Crippen LogP contribution in [-0.4, -0.2) is 20.7 Å². The lowest BCUT2D eigenvalue weighted by Crippen LogP contribution is -2.19. The highest BCUT2D eigenvalue weighted by Gasteiger charge is 2.32. The number of nitrogens with zero attached hydrogens (tertiary/aromatic N) is 4. The van der Waals surface area contributed by atoms with Crippen LogP contribution in [0.25, 0.3) is 5.82 Å². The first-order valence-electron chi connectivity index (χ1n) is 8.01. The summed E-state index contributed by atoms with van der Waals surface area (Å²) >= 11 is 15.0. The number of aryl methyl sites for hydroxylation is 1. The summed E-state index contributed by atoms with van der Waals surface area (Å²) in [5, 5.41) is 15.9. The zero-order chi connectivity index (χ0) is 22.2. The van der Waals surface area contributed by atoms with Crippen molar-refractivity contribution >= 4 is 50.7 Å². The summed E-state index contributed by atoms with van der Waals surface area (Å²) in [6.07, 6.45) is -4.03. The maximum absolute atomic E-state index is 12.9. The van der Waals surface area contributed by atoms with E-state index in [2.05, 4.69) is 31.3 Å². The molecule has 0 aliphatic heterocycles. The van der Waals surface area contributed by atoms with E-state index in [0.717, 1.165) is 4.68 Å². The second-order valence-electron chi connectivity index (χ2n) is 6.00. The number of alkyl halides is 3. The van der Waals surface area contributed by atoms with E-state index < -0.39 is 17.6 Å². The van der Waals surface area contributed by atoms with Gasteiger partial charge in [0.2, 0.25) is 0 Å². The maximum atomic E-state index is 12.9. The summed E-state index contributed by atoms with van der Waals surface area (Å²) in [4.78, 5) is 16.6. The number of hydrogen-bond donors (Lipinski definition) is 1. The van der Waals surface area contributed by atoms with Gasteiger partial charge in [-0.2, -0.15) is 23.5 Å². The molecule has 1 N–H and O–H groups in total. The Hall–Kier alpha value is -2.61. The lowest BCUT2D eigenvalue weighted by atomic mass is 10.1. The SMILES string of the molecule is Cc1cc(Cl)cc(C#N)c1NC(=O)c1cc(Br)nn1-c1ncc(C(F)(F)F)cc1Cl. The fraction of sp³-hybridized carbons (Fsp3) is 0.111. The quantitative estimate of drug-likeness (QED) is 0.475. The molecule has 0 spiro atoms. The first-order chi connectivity index (χ1) is 14.0. The summed E-state index contributed by atoms with van der Waals surface area (Å²) in [7, 11) is 0. The molecule has 0 atom stereocenters. The molecule has 154 valence electrons.